The molecule has 0 saturated heterocycles. The van der Waals surface area contributed by atoms with Crippen LogP contribution in [0.1, 0.15) is 33.7 Å². The molecule has 7 nitrogen and oxygen atoms in total. The second kappa shape index (κ2) is 8.65. The number of para-hydroxylation sites is 2. The molecule has 0 bridgehead atoms. The zero-order valence-corrected chi connectivity index (χ0v) is 16.3. The van der Waals surface area contributed by atoms with Gasteiger partial charge in [-0.1, -0.05) is 30.3 Å². The number of unbranched alkanes of at least 4 members (excludes halogenated alkanes) is 1. The third kappa shape index (κ3) is 4.10. The lowest BCUT2D eigenvalue weighted by Crippen LogP contribution is -2.27. The summed E-state index contributed by atoms with van der Waals surface area (Å²) in [6.45, 7) is 0.946. The minimum absolute atomic E-state index is 0.0399. The van der Waals surface area contributed by atoms with Crippen LogP contribution >= 0.6 is 0 Å². The Balaban J connectivity index is 1.25. The van der Waals surface area contributed by atoms with E-state index in [4.69, 9.17) is 0 Å². The Labute approximate surface area is 173 Å². The Hall–Kier alpha value is -3.87. The second-order valence-electron chi connectivity index (χ2n) is 7.02. The number of fused-ring (bicyclic) bond motifs is 3. The Morgan fingerprint density at radius 3 is 2.37 bits per heavy atom. The number of phenolic OH excluding ortho intramolecular Hbond substituents is 1. The summed E-state index contributed by atoms with van der Waals surface area (Å²) in [5, 5.41) is 17.3. The molecule has 2 heterocycles. The van der Waals surface area contributed by atoms with E-state index in [-0.39, 0.29) is 23.1 Å². The zero-order valence-electron chi connectivity index (χ0n) is 16.3. The summed E-state index contributed by atoms with van der Waals surface area (Å²) < 4.78 is 0. The average molecular weight is 402 g/mol. The first-order valence-electron chi connectivity index (χ1n) is 9.84. The van der Waals surface area contributed by atoms with Crippen LogP contribution in [0.15, 0.2) is 60.8 Å². The van der Waals surface area contributed by atoms with Crippen LogP contribution < -0.4 is 10.6 Å². The van der Waals surface area contributed by atoms with Gasteiger partial charge in [0.05, 0.1) is 17.3 Å². The largest absolute Gasteiger partial charge is 0.507 e. The van der Waals surface area contributed by atoms with Crippen molar-refractivity contribution in [2.45, 2.75) is 12.8 Å². The summed E-state index contributed by atoms with van der Waals surface area (Å²) in [7, 11) is 0. The highest BCUT2D eigenvalue weighted by Crippen LogP contribution is 2.24. The predicted molar refractivity (Wildman–Crippen MR) is 116 cm³/mol. The van der Waals surface area contributed by atoms with Gasteiger partial charge in [0.25, 0.3) is 11.8 Å². The number of hydrogen-bond donors (Lipinski definition) is 4. The summed E-state index contributed by atoms with van der Waals surface area (Å²) in [5.41, 5.74) is 2.54. The average Bonchev–Trinajstić information content (AvgIpc) is 3.14. The van der Waals surface area contributed by atoms with E-state index >= 15 is 0 Å². The number of benzene rings is 2. The molecule has 0 atom stereocenters. The van der Waals surface area contributed by atoms with Crippen LogP contribution in [0.25, 0.3) is 21.8 Å². The quantitative estimate of drug-likeness (QED) is 0.356. The molecule has 0 unspecified atom stereocenters. The molecular weight excluding hydrogens is 380 g/mol. The second-order valence-corrected chi connectivity index (χ2v) is 7.02. The van der Waals surface area contributed by atoms with Crippen molar-refractivity contribution >= 4 is 33.6 Å². The van der Waals surface area contributed by atoms with E-state index in [0.717, 1.165) is 21.8 Å². The molecule has 7 heteroatoms. The van der Waals surface area contributed by atoms with Gasteiger partial charge < -0.3 is 20.7 Å². The lowest BCUT2D eigenvalue weighted by molar-refractivity contribution is 0.0935. The van der Waals surface area contributed by atoms with Gasteiger partial charge in [-0.25, -0.2) is 4.98 Å². The maximum atomic E-state index is 12.4. The molecule has 4 aromatic rings. The standard InChI is InChI=1S/C23H22N4O3/c28-21-10-4-2-8-16(21)22(29)24-11-5-6-12-25-23(30)19-13-17-15-7-1-3-9-18(15)27-20(17)14-26-19/h1-4,7-10,13-14,27-28H,5-6,11-12H2,(H,24,29)(H,25,30). The van der Waals surface area contributed by atoms with Crippen LogP contribution in [0.5, 0.6) is 5.75 Å². The monoisotopic (exact) mass is 402 g/mol. The fourth-order valence-electron chi connectivity index (χ4n) is 3.38. The van der Waals surface area contributed by atoms with E-state index in [9.17, 15) is 14.7 Å². The number of H-pyrrole nitrogens is 1. The van der Waals surface area contributed by atoms with Gasteiger partial charge >= 0.3 is 0 Å². The smallest absolute Gasteiger partial charge is 0.269 e. The number of nitrogens with one attached hydrogen (secondary N) is 3. The minimum Gasteiger partial charge on any atom is -0.507 e. The lowest BCUT2D eigenvalue weighted by Gasteiger charge is -2.07. The van der Waals surface area contributed by atoms with Crippen molar-refractivity contribution in [1.82, 2.24) is 20.6 Å². The molecule has 2 aromatic carbocycles. The number of aromatic amines is 1. The molecule has 0 aliphatic carbocycles. The van der Waals surface area contributed by atoms with Crippen LogP contribution in [0.3, 0.4) is 0 Å². The first-order valence-corrected chi connectivity index (χ1v) is 9.84. The molecule has 2 amide bonds. The third-order valence-corrected chi connectivity index (χ3v) is 4.95. The van der Waals surface area contributed by atoms with Gasteiger partial charge in [0.15, 0.2) is 0 Å². The normalized spacial score (nSPS) is 10.9. The van der Waals surface area contributed by atoms with E-state index in [1.165, 1.54) is 6.07 Å². The van der Waals surface area contributed by atoms with Crippen LogP contribution in [0.2, 0.25) is 0 Å². The Kier molecular flexibility index (Phi) is 5.61. The number of hydrogen-bond acceptors (Lipinski definition) is 4. The van der Waals surface area contributed by atoms with Crippen LogP contribution in [-0.4, -0.2) is 40.0 Å². The van der Waals surface area contributed by atoms with Gasteiger partial charge in [-0.15, -0.1) is 0 Å². The summed E-state index contributed by atoms with van der Waals surface area (Å²) in [5.74, 6) is -0.573. The first kappa shape index (κ1) is 19.4. The van der Waals surface area contributed by atoms with Gasteiger partial charge in [0.2, 0.25) is 0 Å². The minimum atomic E-state index is -0.312. The molecule has 2 aromatic heterocycles. The van der Waals surface area contributed by atoms with Gasteiger partial charge in [-0.05, 0) is 37.1 Å². The molecule has 0 spiro atoms. The molecule has 0 aliphatic heterocycles. The van der Waals surface area contributed by atoms with Crippen LogP contribution in [-0.2, 0) is 0 Å². The summed E-state index contributed by atoms with van der Waals surface area (Å²) in [6.07, 6.45) is 3.09. The van der Waals surface area contributed by atoms with E-state index < -0.39 is 0 Å². The molecule has 0 aliphatic rings. The maximum Gasteiger partial charge on any atom is 0.269 e. The number of nitrogens with zero attached hydrogens (tertiary/aromatic N) is 1. The van der Waals surface area contributed by atoms with Gasteiger partial charge in [-0.2, -0.15) is 0 Å². The number of phenols is 1. The van der Waals surface area contributed by atoms with E-state index in [0.29, 0.717) is 31.6 Å². The molecule has 0 fully saturated rings. The number of rotatable bonds is 7. The molecule has 0 saturated carbocycles. The molecule has 4 N–H and O–H groups in total. The maximum absolute atomic E-state index is 12.4. The van der Waals surface area contributed by atoms with Crippen LogP contribution in [0.4, 0.5) is 0 Å². The number of pyridine rings is 1. The molecule has 4 rings (SSSR count). The lowest BCUT2D eigenvalue weighted by atomic mass is 10.1. The third-order valence-electron chi connectivity index (χ3n) is 4.95. The van der Waals surface area contributed by atoms with Crippen molar-refractivity contribution < 1.29 is 14.7 Å². The topological polar surface area (TPSA) is 107 Å². The van der Waals surface area contributed by atoms with E-state index in [1.54, 1.807) is 30.5 Å². The number of carbonyl (C=O) groups is 2. The van der Waals surface area contributed by atoms with Crippen molar-refractivity contribution in [2.75, 3.05) is 13.1 Å². The number of aromatic hydroxyl groups is 1. The summed E-state index contributed by atoms with van der Waals surface area (Å²) >= 11 is 0. The van der Waals surface area contributed by atoms with Crippen molar-refractivity contribution in [2.24, 2.45) is 0 Å². The van der Waals surface area contributed by atoms with Crippen molar-refractivity contribution in [3.63, 3.8) is 0 Å². The Morgan fingerprint density at radius 2 is 1.57 bits per heavy atom. The highest BCUT2D eigenvalue weighted by Gasteiger charge is 2.11. The molecule has 0 radical (unpaired) electrons. The fourth-order valence-corrected chi connectivity index (χ4v) is 3.38. The first-order chi connectivity index (χ1) is 14.6. The zero-order chi connectivity index (χ0) is 20.9. The van der Waals surface area contributed by atoms with Crippen LogP contribution in [0, 0.1) is 0 Å². The fraction of sp³-hybridized carbons (Fsp3) is 0.174. The molecule has 152 valence electrons. The summed E-state index contributed by atoms with van der Waals surface area (Å²) in [4.78, 5) is 32.0. The predicted octanol–water partition coefficient (Wildman–Crippen LogP) is 3.36. The number of amides is 2. The SMILES string of the molecule is O=C(NCCCCNC(=O)c1ccccc1O)c1cc2c(cn1)[nH]c1ccccc12. The van der Waals surface area contributed by atoms with E-state index in [2.05, 4.69) is 20.6 Å². The number of aromatic nitrogens is 2. The van der Waals surface area contributed by atoms with Gasteiger partial charge in [-0.3, -0.25) is 9.59 Å². The number of carbonyl (C=O) groups excluding carboxylic acids is 2. The van der Waals surface area contributed by atoms with Crippen molar-refractivity contribution in [3.8, 4) is 5.75 Å². The molecule has 30 heavy (non-hydrogen) atoms. The van der Waals surface area contributed by atoms with Gasteiger partial charge in [0, 0.05) is 29.4 Å². The Bertz CT molecular complexity index is 1220. The van der Waals surface area contributed by atoms with E-state index in [1.807, 2.05) is 24.3 Å². The summed E-state index contributed by atoms with van der Waals surface area (Å²) in [6, 6.07) is 16.2. The highest BCUT2D eigenvalue weighted by atomic mass is 16.3. The Morgan fingerprint density at radius 1 is 0.867 bits per heavy atom. The van der Waals surface area contributed by atoms with Crippen molar-refractivity contribution in [1.29, 1.82) is 0 Å². The highest BCUT2D eigenvalue weighted by molar-refractivity contribution is 6.09. The van der Waals surface area contributed by atoms with Crippen molar-refractivity contribution in [3.05, 3.63) is 72.1 Å². The molecular formula is C23H22N4O3. The van der Waals surface area contributed by atoms with Gasteiger partial charge in [0.1, 0.15) is 11.4 Å².